The van der Waals surface area contributed by atoms with Crippen molar-refractivity contribution in [3.8, 4) is 0 Å². The maximum absolute atomic E-state index is 13.5. The van der Waals surface area contributed by atoms with Gasteiger partial charge in [-0.15, -0.1) is 0 Å². The molecule has 1 saturated carbocycles. The molecular weight excluding hydrogens is 289 g/mol. The Balaban J connectivity index is 1.77. The van der Waals surface area contributed by atoms with Crippen molar-refractivity contribution < 1.29 is 9.50 Å². The molecule has 1 aliphatic carbocycles. The zero-order valence-electron chi connectivity index (χ0n) is 14.6. The van der Waals surface area contributed by atoms with E-state index in [-0.39, 0.29) is 29.3 Å². The Morgan fingerprint density at radius 2 is 1.96 bits per heavy atom. The first-order valence-electron chi connectivity index (χ1n) is 9.05. The van der Waals surface area contributed by atoms with Crippen LogP contribution in [-0.2, 0) is 0 Å². The molecule has 2 aliphatic rings. The summed E-state index contributed by atoms with van der Waals surface area (Å²) in [5.41, 5.74) is 1.27. The molecule has 4 unspecified atom stereocenters. The lowest BCUT2D eigenvalue weighted by Gasteiger charge is -2.47. The molecule has 3 rings (SSSR count). The Labute approximate surface area is 139 Å². The van der Waals surface area contributed by atoms with Crippen LogP contribution in [0.1, 0.15) is 64.4 Å². The minimum atomic E-state index is -0.300. The standard InChI is InChI=1S/C20H30FNO/c1-20(2,3)19-9-4-5-10-22(19)17-12-15(13-18(17)23)14-7-6-8-16(21)11-14/h6-8,11,15,17-19,23H,4-5,9-10,12-13H2,1-3H3. The first kappa shape index (κ1) is 16.9. The Hall–Kier alpha value is -0.930. The van der Waals surface area contributed by atoms with Crippen LogP contribution in [0.5, 0.6) is 0 Å². The molecule has 4 atom stereocenters. The first-order valence-corrected chi connectivity index (χ1v) is 9.05. The molecular formula is C20H30FNO. The zero-order chi connectivity index (χ0) is 16.6. The number of nitrogens with zero attached hydrogens (tertiary/aromatic N) is 1. The van der Waals surface area contributed by atoms with Crippen LogP contribution in [0.25, 0.3) is 0 Å². The second kappa shape index (κ2) is 6.52. The van der Waals surface area contributed by atoms with E-state index in [1.165, 1.54) is 25.3 Å². The van der Waals surface area contributed by atoms with Crippen LogP contribution < -0.4 is 0 Å². The molecule has 0 spiro atoms. The molecule has 3 heteroatoms. The van der Waals surface area contributed by atoms with E-state index in [2.05, 4.69) is 25.7 Å². The van der Waals surface area contributed by atoms with Crippen LogP contribution >= 0.6 is 0 Å². The molecule has 1 aromatic rings. The van der Waals surface area contributed by atoms with Gasteiger partial charge in [-0.05, 0) is 61.3 Å². The van der Waals surface area contributed by atoms with Crippen LogP contribution in [0.3, 0.4) is 0 Å². The van der Waals surface area contributed by atoms with E-state index in [4.69, 9.17) is 0 Å². The number of hydrogen-bond donors (Lipinski definition) is 1. The summed E-state index contributed by atoms with van der Waals surface area (Å²) in [6.07, 6.45) is 5.12. The van der Waals surface area contributed by atoms with Crippen LogP contribution in [0, 0.1) is 11.2 Å². The molecule has 23 heavy (non-hydrogen) atoms. The molecule has 1 aromatic carbocycles. The van der Waals surface area contributed by atoms with Crippen molar-refractivity contribution in [2.45, 2.75) is 77.0 Å². The molecule has 0 bridgehead atoms. The number of aliphatic hydroxyl groups excluding tert-OH is 1. The summed E-state index contributed by atoms with van der Waals surface area (Å²) in [4.78, 5) is 2.56. The van der Waals surface area contributed by atoms with Gasteiger partial charge in [0.1, 0.15) is 5.82 Å². The highest BCUT2D eigenvalue weighted by molar-refractivity contribution is 5.23. The Kier molecular flexibility index (Phi) is 4.80. The minimum absolute atomic E-state index is 0.175. The lowest BCUT2D eigenvalue weighted by atomic mass is 9.79. The second-order valence-corrected chi connectivity index (χ2v) is 8.47. The van der Waals surface area contributed by atoms with Gasteiger partial charge in [0.15, 0.2) is 0 Å². The number of hydrogen-bond acceptors (Lipinski definition) is 2. The molecule has 2 fully saturated rings. The maximum atomic E-state index is 13.5. The smallest absolute Gasteiger partial charge is 0.123 e. The van der Waals surface area contributed by atoms with Crippen LogP contribution in [0.15, 0.2) is 24.3 Å². The first-order chi connectivity index (χ1) is 10.9. The van der Waals surface area contributed by atoms with Gasteiger partial charge in [0, 0.05) is 12.1 Å². The van der Waals surface area contributed by atoms with Gasteiger partial charge in [-0.3, -0.25) is 4.90 Å². The number of piperidine rings is 1. The maximum Gasteiger partial charge on any atom is 0.123 e. The summed E-state index contributed by atoms with van der Waals surface area (Å²) in [5.74, 6) is 0.0965. The second-order valence-electron chi connectivity index (χ2n) is 8.47. The van der Waals surface area contributed by atoms with E-state index in [0.717, 1.165) is 24.9 Å². The fourth-order valence-electron chi connectivity index (χ4n) is 4.66. The highest BCUT2D eigenvalue weighted by atomic mass is 19.1. The van der Waals surface area contributed by atoms with Crippen LogP contribution in [-0.4, -0.2) is 34.7 Å². The summed E-state index contributed by atoms with van der Waals surface area (Å²) in [6, 6.07) is 7.66. The average Bonchev–Trinajstić information content (AvgIpc) is 2.88. The number of halogens is 1. The number of aliphatic hydroxyl groups is 1. The van der Waals surface area contributed by atoms with E-state index in [1.807, 2.05) is 6.07 Å². The third-order valence-electron chi connectivity index (χ3n) is 5.79. The highest BCUT2D eigenvalue weighted by Gasteiger charge is 2.43. The van der Waals surface area contributed by atoms with E-state index in [9.17, 15) is 9.50 Å². The average molecular weight is 319 g/mol. The largest absolute Gasteiger partial charge is 0.391 e. The molecule has 0 radical (unpaired) electrons. The predicted molar refractivity (Wildman–Crippen MR) is 92.0 cm³/mol. The molecule has 1 saturated heterocycles. The summed E-state index contributed by atoms with van der Waals surface area (Å²) in [7, 11) is 0. The van der Waals surface area contributed by atoms with Gasteiger partial charge in [0.05, 0.1) is 6.10 Å². The predicted octanol–water partition coefficient (Wildman–Crippen LogP) is 4.33. The van der Waals surface area contributed by atoms with Gasteiger partial charge < -0.3 is 5.11 Å². The molecule has 128 valence electrons. The number of likely N-dealkylation sites (tertiary alicyclic amines) is 1. The van der Waals surface area contributed by atoms with Crippen molar-refractivity contribution >= 4 is 0 Å². The molecule has 1 N–H and O–H groups in total. The van der Waals surface area contributed by atoms with Gasteiger partial charge in [-0.25, -0.2) is 4.39 Å². The SMILES string of the molecule is CC(C)(C)C1CCCCN1C1CC(c2cccc(F)c2)CC1O. The van der Waals surface area contributed by atoms with Gasteiger partial charge in [0.25, 0.3) is 0 Å². The lowest BCUT2D eigenvalue weighted by molar-refractivity contribution is -0.0141. The minimum Gasteiger partial charge on any atom is -0.391 e. The summed E-state index contributed by atoms with van der Waals surface area (Å²) in [6.45, 7) is 8.00. The summed E-state index contributed by atoms with van der Waals surface area (Å²) >= 11 is 0. The van der Waals surface area contributed by atoms with Gasteiger partial charge in [-0.2, -0.15) is 0 Å². The van der Waals surface area contributed by atoms with Gasteiger partial charge >= 0.3 is 0 Å². The summed E-state index contributed by atoms with van der Waals surface area (Å²) in [5, 5.41) is 10.7. The van der Waals surface area contributed by atoms with Crippen molar-refractivity contribution in [1.29, 1.82) is 0 Å². The fraction of sp³-hybridized carbons (Fsp3) is 0.700. The lowest BCUT2D eigenvalue weighted by Crippen LogP contribution is -2.54. The van der Waals surface area contributed by atoms with E-state index >= 15 is 0 Å². The highest BCUT2D eigenvalue weighted by Crippen LogP contribution is 2.42. The molecule has 0 amide bonds. The Morgan fingerprint density at radius 1 is 1.17 bits per heavy atom. The molecule has 2 nitrogen and oxygen atoms in total. The Bertz CT molecular complexity index is 539. The topological polar surface area (TPSA) is 23.5 Å². The molecule has 1 heterocycles. The molecule has 1 aliphatic heterocycles. The normalized spacial score (nSPS) is 33.1. The quantitative estimate of drug-likeness (QED) is 0.877. The monoisotopic (exact) mass is 319 g/mol. The zero-order valence-corrected chi connectivity index (χ0v) is 14.6. The van der Waals surface area contributed by atoms with Crippen molar-refractivity contribution in [2.75, 3.05) is 6.54 Å². The van der Waals surface area contributed by atoms with Crippen molar-refractivity contribution in [3.05, 3.63) is 35.6 Å². The van der Waals surface area contributed by atoms with Crippen LogP contribution in [0.2, 0.25) is 0 Å². The van der Waals surface area contributed by atoms with Crippen molar-refractivity contribution in [1.82, 2.24) is 4.90 Å². The van der Waals surface area contributed by atoms with E-state index in [0.29, 0.717) is 6.04 Å². The third kappa shape index (κ3) is 3.61. The fourth-order valence-corrected chi connectivity index (χ4v) is 4.66. The summed E-state index contributed by atoms with van der Waals surface area (Å²) < 4.78 is 13.5. The van der Waals surface area contributed by atoms with E-state index < -0.39 is 0 Å². The van der Waals surface area contributed by atoms with Crippen molar-refractivity contribution in [2.24, 2.45) is 5.41 Å². The van der Waals surface area contributed by atoms with Crippen molar-refractivity contribution in [3.63, 3.8) is 0 Å². The van der Waals surface area contributed by atoms with Gasteiger partial charge in [0.2, 0.25) is 0 Å². The number of rotatable bonds is 2. The third-order valence-corrected chi connectivity index (χ3v) is 5.79. The van der Waals surface area contributed by atoms with Crippen LogP contribution in [0.4, 0.5) is 4.39 Å². The van der Waals surface area contributed by atoms with Gasteiger partial charge in [-0.1, -0.05) is 39.3 Å². The molecule has 0 aromatic heterocycles. The number of benzene rings is 1. The van der Waals surface area contributed by atoms with E-state index in [1.54, 1.807) is 12.1 Å². The Morgan fingerprint density at radius 3 is 2.65 bits per heavy atom.